The normalized spacial score (nSPS) is 11.2. The molecule has 0 fully saturated rings. The molecule has 9 heteroatoms. The lowest BCUT2D eigenvalue weighted by molar-refractivity contribution is 0.354. The van der Waals surface area contributed by atoms with Gasteiger partial charge in [-0.05, 0) is 45.8 Å². The van der Waals surface area contributed by atoms with E-state index in [9.17, 15) is 8.42 Å². The van der Waals surface area contributed by atoms with Crippen molar-refractivity contribution in [1.82, 2.24) is 9.78 Å². The van der Waals surface area contributed by atoms with Gasteiger partial charge in [0.25, 0.3) is 10.0 Å². The maximum Gasteiger partial charge on any atom is 0.262 e. The quantitative estimate of drug-likeness (QED) is 0.594. The van der Waals surface area contributed by atoms with Gasteiger partial charge in [0.15, 0.2) is 11.5 Å². The number of hydrogen-bond donors (Lipinski definition) is 1. The van der Waals surface area contributed by atoms with E-state index in [0.29, 0.717) is 23.7 Å². The van der Waals surface area contributed by atoms with Crippen LogP contribution in [0.15, 0.2) is 64.2 Å². The number of hydrogen-bond acceptors (Lipinski definition) is 5. The fourth-order valence-electron chi connectivity index (χ4n) is 2.54. The highest BCUT2D eigenvalue weighted by Crippen LogP contribution is 2.30. The molecular weight excluding hydrogens is 434 g/mol. The zero-order valence-corrected chi connectivity index (χ0v) is 17.1. The Hall–Kier alpha value is -2.52. The standard InChI is InChI=1S/C18H18BrN3O4S/c1-25-17-7-6-16(9-18(17)26-2)27(23,24)21-15-5-3-4-13(8-15)11-22-12-14(19)10-20-22/h3-10,12,21H,11H2,1-2H3. The van der Waals surface area contributed by atoms with Crippen molar-refractivity contribution in [3.8, 4) is 11.5 Å². The average Bonchev–Trinajstić information content (AvgIpc) is 3.05. The van der Waals surface area contributed by atoms with Crippen molar-refractivity contribution in [2.24, 2.45) is 0 Å². The van der Waals surface area contributed by atoms with E-state index in [-0.39, 0.29) is 4.90 Å². The lowest BCUT2D eigenvalue weighted by Gasteiger charge is -2.12. The van der Waals surface area contributed by atoms with Crippen LogP contribution >= 0.6 is 15.9 Å². The number of sulfonamides is 1. The van der Waals surface area contributed by atoms with Gasteiger partial charge in [-0.25, -0.2) is 8.42 Å². The van der Waals surface area contributed by atoms with Gasteiger partial charge in [-0.1, -0.05) is 12.1 Å². The summed E-state index contributed by atoms with van der Waals surface area (Å²) in [5.41, 5.74) is 1.38. The number of nitrogens with zero attached hydrogens (tertiary/aromatic N) is 2. The molecule has 0 atom stereocenters. The van der Waals surface area contributed by atoms with E-state index < -0.39 is 10.0 Å². The van der Waals surface area contributed by atoms with Crippen LogP contribution in [0.1, 0.15) is 5.56 Å². The van der Waals surface area contributed by atoms with E-state index in [1.54, 1.807) is 35.1 Å². The molecule has 0 spiro atoms. The summed E-state index contributed by atoms with van der Waals surface area (Å²) in [6, 6.07) is 11.6. The Kier molecular flexibility index (Phi) is 5.71. The molecular formula is C18H18BrN3O4S. The highest BCUT2D eigenvalue weighted by molar-refractivity contribution is 9.10. The van der Waals surface area contributed by atoms with Crippen LogP contribution in [0.5, 0.6) is 11.5 Å². The minimum atomic E-state index is -3.77. The monoisotopic (exact) mass is 451 g/mol. The minimum absolute atomic E-state index is 0.0848. The molecule has 0 radical (unpaired) electrons. The first kappa shape index (κ1) is 19.2. The zero-order chi connectivity index (χ0) is 19.4. The number of methoxy groups -OCH3 is 2. The van der Waals surface area contributed by atoms with E-state index >= 15 is 0 Å². The molecule has 7 nitrogen and oxygen atoms in total. The number of nitrogens with one attached hydrogen (secondary N) is 1. The number of anilines is 1. The number of halogens is 1. The van der Waals surface area contributed by atoms with Crippen LogP contribution in [0.25, 0.3) is 0 Å². The molecule has 0 unspecified atom stereocenters. The van der Waals surface area contributed by atoms with Crippen LogP contribution in [0.4, 0.5) is 5.69 Å². The summed E-state index contributed by atoms with van der Waals surface area (Å²) in [4.78, 5) is 0.0848. The Balaban J connectivity index is 1.82. The van der Waals surface area contributed by atoms with Gasteiger partial charge in [-0.2, -0.15) is 5.10 Å². The third kappa shape index (κ3) is 4.61. The van der Waals surface area contributed by atoms with Crippen LogP contribution in [0.3, 0.4) is 0 Å². The molecule has 0 bridgehead atoms. The predicted molar refractivity (Wildman–Crippen MR) is 106 cm³/mol. The molecule has 0 aliphatic carbocycles. The zero-order valence-electron chi connectivity index (χ0n) is 14.7. The third-order valence-electron chi connectivity index (χ3n) is 3.79. The fourth-order valence-corrected chi connectivity index (χ4v) is 3.94. The summed E-state index contributed by atoms with van der Waals surface area (Å²) in [7, 11) is -0.821. The van der Waals surface area contributed by atoms with E-state index in [0.717, 1.165) is 10.0 Å². The molecule has 27 heavy (non-hydrogen) atoms. The Morgan fingerprint density at radius 3 is 2.56 bits per heavy atom. The first-order chi connectivity index (χ1) is 12.9. The topological polar surface area (TPSA) is 82.5 Å². The smallest absolute Gasteiger partial charge is 0.262 e. The van der Waals surface area contributed by atoms with Crippen molar-refractivity contribution in [2.45, 2.75) is 11.4 Å². The maximum atomic E-state index is 12.7. The molecule has 1 aromatic heterocycles. The molecule has 1 heterocycles. The molecule has 1 N–H and O–H groups in total. The largest absolute Gasteiger partial charge is 0.493 e. The Morgan fingerprint density at radius 2 is 1.89 bits per heavy atom. The predicted octanol–water partition coefficient (Wildman–Crippen LogP) is 3.51. The van der Waals surface area contributed by atoms with Crippen LogP contribution in [0.2, 0.25) is 0 Å². The van der Waals surface area contributed by atoms with E-state index in [1.807, 2.05) is 12.3 Å². The van der Waals surface area contributed by atoms with Crippen molar-refractivity contribution in [2.75, 3.05) is 18.9 Å². The van der Waals surface area contributed by atoms with Crippen LogP contribution in [0, 0.1) is 0 Å². The molecule has 3 aromatic rings. The van der Waals surface area contributed by atoms with Gasteiger partial charge in [0.2, 0.25) is 0 Å². The Labute approximate surface area is 166 Å². The van der Waals surface area contributed by atoms with Gasteiger partial charge in [0.05, 0.1) is 36.3 Å². The third-order valence-corrected chi connectivity index (χ3v) is 5.58. The summed E-state index contributed by atoms with van der Waals surface area (Å²) in [6.45, 7) is 0.525. The number of aromatic nitrogens is 2. The Morgan fingerprint density at radius 1 is 1.11 bits per heavy atom. The van der Waals surface area contributed by atoms with Crippen molar-refractivity contribution in [1.29, 1.82) is 0 Å². The molecule has 3 rings (SSSR count). The van der Waals surface area contributed by atoms with Gasteiger partial charge in [0.1, 0.15) is 0 Å². The maximum absolute atomic E-state index is 12.7. The van der Waals surface area contributed by atoms with Crippen LogP contribution in [-0.4, -0.2) is 32.4 Å². The fraction of sp³-hybridized carbons (Fsp3) is 0.167. The molecule has 0 aliphatic heterocycles. The van der Waals surface area contributed by atoms with Gasteiger partial charge in [0, 0.05) is 18.0 Å². The first-order valence-corrected chi connectivity index (χ1v) is 10.2. The van der Waals surface area contributed by atoms with E-state index in [4.69, 9.17) is 9.47 Å². The summed E-state index contributed by atoms with van der Waals surface area (Å²) < 4.78 is 41.0. The van der Waals surface area contributed by atoms with Gasteiger partial charge < -0.3 is 9.47 Å². The molecule has 142 valence electrons. The Bertz CT molecular complexity index is 1050. The van der Waals surface area contributed by atoms with Crippen molar-refractivity contribution < 1.29 is 17.9 Å². The van der Waals surface area contributed by atoms with Crippen LogP contribution < -0.4 is 14.2 Å². The van der Waals surface area contributed by atoms with Crippen molar-refractivity contribution in [3.63, 3.8) is 0 Å². The van der Waals surface area contributed by atoms with Gasteiger partial charge in [-0.15, -0.1) is 0 Å². The average molecular weight is 452 g/mol. The first-order valence-electron chi connectivity index (χ1n) is 7.93. The molecule has 0 saturated carbocycles. The molecule has 2 aromatic carbocycles. The lowest BCUT2D eigenvalue weighted by atomic mass is 10.2. The van der Waals surface area contributed by atoms with Crippen molar-refractivity contribution >= 4 is 31.6 Å². The highest BCUT2D eigenvalue weighted by Gasteiger charge is 2.17. The molecule has 0 saturated heterocycles. The van der Waals surface area contributed by atoms with Crippen molar-refractivity contribution in [3.05, 3.63) is 64.9 Å². The summed E-state index contributed by atoms with van der Waals surface area (Å²) in [5.74, 6) is 0.808. The molecule has 0 aliphatic rings. The van der Waals surface area contributed by atoms with E-state index in [1.165, 1.54) is 26.4 Å². The molecule has 0 amide bonds. The lowest BCUT2D eigenvalue weighted by Crippen LogP contribution is -2.13. The second kappa shape index (κ2) is 8.01. The van der Waals surface area contributed by atoms with Gasteiger partial charge >= 0.3 is 0 Å². The minimum Gasteiger partial charge on any atom is -0.493 e. The second-order valence-corrected chi connectivity index (χ2v) is 8.28. The van der Waals surface area contributed by atoms with E-state index in [2.05, 4.69) is 25.8 Å². The SMILES string of the molecule is COc1ccc(S(=O)(=O)Nc2cccc(Cn3cc(Br)cn3)c2)cc1OC. The summed E-state index contributed by atoms with van der Waals surface area (Å²) in [6.07, 6.45) is 3.55. The van der Waals surface area contributed by atoms with Gasteiger partial charge in [-0.3, -0.25) is 9.40 Å². The second-order valence-electron chi connectivity index (χ2n) is 5.68. The summed E-state index contributed by atoms with van der Waals surface area (Å²) >= 11 is 3.35. The summed E-state index contributed by atoms with van der Waals surface area (Å²) in [5, 5.41) is 4.20. The van der Waals surface area contributed by atoms with Crippen LogP contribution in [-0.2, 0) is 16.6 Å². The number of ether oxygens (including phenoxy) is 2. The highest BCUT2D eigenvalue weighted by atomic mass is 79.9. The number of rotatable bonds is 7. The number of benzene rings is 2.